The summed E-state index contributed by atoms with van der Waals surface area (Å²) in [6, 6.07) is 10.4. The topological polar surface area (TPSA) is 21.6 Å². The van der Waals surface area contributed by atoms with Crippen molar-refractivity contribution in [2.45, 2.75) is 12.8 Å². The smallest absolute Gasteiger partial charge is 0.0517 e. The first-order valence-corrected chi connectivity index (χ1v) is 5.68. The standard InChI is InChI=1S/C14H17NO/c1-16-10-8-14-13(7-9-15-14)11-12-5-3-2-4-6-12/h2-6,11H,7-10H2,1H3/b13-11+. The lowest BCUT2D eigenvalue weighted by molar-refractivity contribution is 0.207. The van der Waals surface area contributed by atoms with E-state index in [1.54, 1.807) is 7.11 Å². The molecule has 0 aliphatic carbocycles. The summed E-state index contributed by atoms with van der Waals surface area (Å²) in [6.45, 7) is 1.68. The summed E-state index contributed by atoms with van der Waals surface area (Å²) in [5.74, 6) is 0. The number of benzene rings is 1. The molecule has 0 bridgehead atoms. The molecule has 84 valence electrons. The highest BCUT2D eigenvalue weighted by Crippen LogP contribution is 2.18. The highest BCUT2D eigenvalue weighted by molar-refractivity contribution is 6.05. The van der Waals surface area contributed by atoms with Crippen LogP contribution in [0.5, 0.6) is 0 Å². The molecule has 0 radical (unpaired) electrons. The molecule has 0 spiro atoms. The van der Waals surface area contributed by atoms with Gasteiger partial charge in [0.1, 0.15) is 0 Å². The normalized spacial score (nSPS) is 17.8. The van der Waals surface area contributed by atoms with Gasteiger partial charge in [0.2, 0.25) is 0 Å². The predicted molar refractivity (Wildman–Crippen MR) is 67.8 cm³/mol. The van der Waals surface area contributed by atoms with Gasteiger partial charge in [-0.25, -0.2) is 0 Å². The zero-order chi connectivity index (χ0) is 11.2. The zero-order valence-electron chi connectivity index (χ0n) is 9.65. The number of rotatable bonds is 4. The molecule has 0 saturated heterocycles. The summed E-state index contributed by atoms with van der Waals surface area (Å²) in [6.07, 6.45) is 4.23. The van der Waals surface area contributed by atoms with Gasteiger partial charge in [-0.3, -0.25) is 4.99 Å². The fraction of sp³-hybridized carbons (Fsp3) is 0.357. The summed E-state index contributed by atoms with van der Waals surface area (Å²) < 4.78 is 5.09. The van der Waals surface area contributed by atoms with Gasteiger partial charge in [0.25, 0.3) is 0 Å². The van der Waals surface area contributed by atoms with Crippen LogP contribution >= 0.6 is 0 Å². The van der Waals surface area contributed by atoms with Crippen LogP contribution < -0.4 is 0 Å². The van der Waals surface area contributed by atoms with E-state index in [2.05, 4.69) is 35.3 Å². The third-order valence-corrected chi connectivity index (χ3v) is 2.74. The molecular weight excluding hydrogens is 198 g/mol. The number of hydrogen-bond donors (Lipinski definition) is 0. The highest BCUT2D eigenvalue weighted by Gasteiger charge is 2.12. The van der Waals surface area contributed by atoms with Crippen molar-refractivity contribution in [3.8, 4) is 0 Å². The second-order valence-corrected chi connectivity index (χ2v) is 3.90. The lowest BCUT2D eigenvalue weighted by Crippen LogP contribution is -2.02. The van der Waals surface area contributed by atoms with Crippen LogP contribution in [0.1, 0.15) is 18.4 Å². The molecule has 1 aliphatic rings. The minimum Gasteiger partial charge on any atom is -0.384 e. The molecule has 0 saturated carbocycles. The first-order valence-electron chi connectivity index (χ1n) is 5.68. The number of methoxy groups -OCH3 is 1. The largest absolute Gasteiger partial charge is 0.384 e. The van der Waals surface area contributed by atoms with Crippen molar-refractivity contribution in [3.05, 3.63) is 41.5 Å². The average molecular weight is 215 g/mol. The van der Waals surface area contributed by atoms with Gasteiger partial charge in [-0.1, -0.05) is 30.3 Å². The van der Waals surface area contributed by atoms with Crippen LogP contribution in [-0.4, -0.2) is 26.0 Å². The molecule has 1 aromatic rings. The first-order chi connectivity index (χ1) is 7.90. The lowest BCUT2D eigenvalue weighted by atomic mass is 10.0. The van der Waals surface area contributed by atoms with Crippen molar-refractivity contribution in [2.24, 2.45) is 4.99 Å². The number of hydrogen-bond acceptors (Lipinski definition) is 2. The van der Waals surface area contributed by atoms with Crippen molar-refractivity contribution in [2.75, 3.05) is 20.3 Å². The van der Waals surface area contributed by atoms with Crippen molar-refractivity contribution in [1.29, 1.82) is 0 Å². The van der Waals surface area contributed by atoms with Crippen LogP contribution in [0.2, 0.25) is 0 Å². The maximum Gasteiger partial charge on any atom is 0.0517 e. The Kier molecular flexibility index (Phi) is 3.89. The second kappa shape index (κ2) is 5.61. The van der Waals surface area contributed by atoms with Gasteiger partial charge in [-0.05, 0) is 23.6 Å². The Morgan fingerprint density at radius 1 is 1.31 bits per heavy atom. The van der Waals surface area contributed by atoms with Gasteiger partial charge >= 0.3 is 0 Å². The molecule has 2 heteroatoms. The Bertz CT molecular complexity index is 392. The van der Waals surface area contributed by atoms with E-state index in [-0.39, 0.29) is 0 Å². The molecule has 1 aliphatic heterocycles. The zero-order valence-corrected chi connectivity index (χ0v) is 9.65. The molecule has 2 rings (SSSR count). The Balaban J connectivity index is 2.09. The van der Waals surface area contributed by atoms with Gasteiger partial charge in [0, 0.05) is 25.8 Å². The Morgan fingerprint density at radius 2 is 2.12 bits per heavy atom. The van der Waals surface area contributed by atoms with E-state index in [1.807, 2.05) is 6.07 Å². The summed E-state index contributed by atoms with van der Waals surface area (Å²) in [5.41, 5.74) is 3.83. The fourth-order valence-electron chi connectivity index (χ4n) is 1.90. The summed E-state index contributed by atoms with van der Waals surface area (Å²) in [7, 11) is 1.73. The predicted octanol–water partition coefficient (Wildman–Crippen LogP) is 2.95. The van der Waals surface area contributed by atoms with Crippen LogP contribution in [0.4, 0.5) is 0 Å². The summed E-state index contributed by atoms with van der Waals surface area (Å²) in [4.78, 5) is 4.52. The molecule has 0 atom stereocenters. The van der Waals surface area contributed by atoms with Crippen molar-refractivity contribution in [3.63, 3.8) is 0 Å². The molecule has 1 aromatic carbocycles. The van der Waals surface area contributed by atoms with E-state index in [0.29, 0.717) is 0 Å². The Labute approximate surface area is 96.7 Å². The van der Waals surface area contributed by atoms with E-state index < -0.39 is 0 Å². The molecule has 16 heavy (non-hydrogen) atoms. The van der Waals surface area contributed by atoms with Gasteiger partial charge in [0.15, 0.2) is 0 Å². The Morgan fingerprint density at radius 3 is 2.88 bits per heavy atom. The van der Waals surface area contributed by atoms with E-state index in [9.17, 15) is 0 Å². The van der Waals surface area contributed by atoms with Crippen LogP contribution in [0.15, 0.2) is 40.9 Å². The molecule has 2 nitrogen and oxygen atoms in total. The van der Waals surface area contributed by atoms with Crippen LogP contribution in [0.3, 0.4) is 0 Å². The second-order valence-electron chi connectivity index (χ2n) is 3.90. The summed E-state index contributed by atoms with van der Waals surface area (Å²) in [5, 5.41) is 0. The van der Waals surface area contributed by atoms with Crippen LogP contribution in [0, 0.1) is 0 Å². The molecule has 0 amide bonds. The lowest BCUT2D eigenvalue weighted by Gasteiger charge is -2.03. The van der Waals surface area contributed by atoms with Gasteiger partial charge in [0.05, 0.1) is 6.61 Å². The molecular formula is C14H17NO. The molecule has 0 fully saturated rings. The molecule has 1 heterocycles. The van der Waals surface area contributed by atoms with Crippen LogP contribution in [-0.2, 0) is 4.74 Å². The number of nitrogens with zero attached hydrogens (tertiary/aromatic N) is 1. The SMILES string of the molecule is COCCC1=NCC/C1=C\c1ccccc1. The maximum atomic E-state index is 5.09. The Hall–Kier alpha value is -1.41. The fourth-order valence-corrected chi connectivity index (χ4v) is 1.90. The minimum absolute atomic E-state index is 0.755. The maximum absolute atomic E-state index is 5.09. The third kappa shape index (κ3) is 2.80. The van der Waals surface area contributed by atoms with Gasteiger partial charge in [-0.15, -0.1) is 0 Å². The highest BCUT2D eigenvalue weighted by atomic mass is 16.5. The van der Waals surface area contributed by atoms with E-state index in [1.165, 1.54) is 16.8 Å². The number of ether oxygens (including phenoxy) is 1. The monoisotopic (exact) mass is 215 g/mol. The third-order valence-electron chi connectivity index (χ3n) is 2.74. The first kappa shape index (κ1) is 11.1. The summed E-state index contributed by atoms with van der Waals surface area (Å²) >= 11 is 0. The minimum atomic E-state index is 0.755. The van der Waals surface area contributed by atoms with Crippen molar-refractivity contribution in [1.82, 2.24) is 0 Å². The quantitative estimate of drug-likeness (QED) is 0.756. The van der Waals surface area contributed by atoms with Crippen molar-refractivity contribution >= 4 is 11.8 Å². The molecule has 0 unspecified atom stereocenters. The van der Waals surface area contributed by atoms with E-state index in [4.69, 9.17) is 4.74 Å². The number of aliphatic imine (C=N–C) groups is 1. The van der Waals surface area contributed by atoms with E-state index in [0.717, 1.165) is 26.0 Å². The van der Waals surface area contributed by atoms with Gasteiger partial charge in [-0.2, -0.15) is 0 Å². The van der Waals surface area contributed by atoms with Crippen molar-refractivity contribution < 1.29 is 4.74 Å². The average Bonchev–Trinajstić information content (AvgIpc) is 2.75. The van der Waals surface area contributed by atoms with Gasteiger partial charge < -0.3 is 4.74 Å². The van der Waals surface area contributed by atoms with E-state index >= 15 is 0 Å². The molecule has 0 aromatic heterocycles. The van der Waals surface area contributed by atoms with Crippen LogP contribution in [0.25, 0.3) is 6.08 Å². The molecule has 0 N–H and O–H groups in total.